The summed E-state index contributed by atoms with van der Waals surface area (Å²) in [6.45, 7) is 9.03. The summed E-state index contributed by atoms with van der Waals surface area (Å²) in [5, 5.41) is 3.48. The molecule has 1 saturated heterocycles. The summed E-state index contributed by atoms with van der Waals surface area (Å²) in [6, 6.07) is 8.42. The van der Waals surface area contributed by atoms with E-state index >= 15 is 0 Å². The minimum absolute atomic E-state index is 0.301. The lowest BCUT2D eigenvalue weighted by Crippen LogP contribution is -2.44. The first-order valence-corrected chi connectivity index (χ1v) is 8.53. The van der Waals surface area contributed by atoms with E-state index in [2.05, 4.69) is 18.5 Å². The van der Waals surface area contributed by atoms with E-state index in [1.807, 2.05) is 18.2 Å². The number of hydrogen-bond donors (Lipinski definition) is 1. The summed E-state index contributed by atoms with van der Waals surface area (Å²) in [5.41, 5.74) is -0.744. The second-order valence-electron chi connectivity index (χ2n) is 6.47. The molecule has 1 atom stereocenters. The van der Waals surface area contributed by atoms with Crippen LogP contribution in [-0.2, 0) is 15.1 Å². The first-order valence-electron chi connectivity index (χ1n) is 8.53. The van der Waals surface area contributed by atoms with Gasteiger partial charge in [0.15, 0.2) is 5.54 Å². The predicted molar refractivity (Wildman–Crippen MR) is 101 cm³/mol. The van der Waals surface area contributed by atoms with Crippen molar-refractivity contribution in [1.29, 1.82) is 0 Å². The summed E-state index contributed by atoms with van der Waals surface area (Å²) < 4.78 is 5.77. The smallest absolute Gasteiger partial charge is 0.325 e. The molecule has 1 aliphatic heterocycles. The fourth-order valence-corrected chi connectivity index (χ4v) is 3.06. The summed E-state index contributed by atoms with van der Waals surface area (Å²) in [7, 11) is 0. The average molecular weight is 367 g/mol. The zero-order chi connectivity index (χ0) is 19.6. The van der Waals surface area contributed by atoms with Gasteiger partial charge in [0.2, 0.25) is 5.91 Å². The lowest BCUT2D eigenvalue weighted by Gasteiger charge is -2.22. The third kappa shape index (κ3) is 3.23. The Bertz CT molecular complexity index is 889. The number of nitrogens with one attached hydrogen (secondary N) is 1. The van der Waals surface area contributed by atoms with Crippen LogP contribution < -0.4 is 5.32 Å². The maximum absolute atomic E-state index is 13.0. The number of fused-ring (bicyclic) bond motifs is 1. The van der Waals surface area contributed by atoms with Gasteiger partial charge in [-0.3, -0.25) is 14.5 Å². The first-order chi connectivity index (χ1) is 12.9. The Balaban J connectivity index is 1.84. The number of furan rings is 1. The molecule has 1 aromatic heterocycles. The molecule has 1 aromatic carbocycles. The quantitative estimate of drug-likeness (QED) is 0.602. The number of rotatable bonds is 7. The van der Waals surface area contributed by atoms with Gasteiger partial charge in [-0.25, -0.2) is 4.79 Å². The Morgan fingerprint density at radius 3 is 2.56 bits per heavy atom. The van der Waals surface area contributed by atoms with Crippen molar-refractivity contribution in [1.82, 2.24) is 15.1 Å². The Hall–Kier alpha value is -3.35. The number of benzene rings is 1. The Morgan fingerprint density at radius 2 is 1.93 bits per heavy atom. The van der Waals surface area contributed by atoms with Crippen LogP contribution in [0.3, 0.4) is 0 Å². The summed E-state index contributed by atoms with van der Waals surface area (Å²) in [6.07, 6.45) is 3.15. The van der Waals surface area contributed by atoms with E-state index in [1.54, 1.807) is 31.2 Å². The van der Waals surface area contributed by atoms with Gasteiger partial charge in [0, 0.05) is 18.5 Å². The van der Waals surface area contributed by atoms with E-state index in [0.29, 0.717) is 24.4 Å². The van der Waals surface area contributed by atoms with Crippen LogP contribution in [0.25, 0.3) is 11.0 Å². The highest BCUT2D eigenvalue weighted by atomic mass is 16.3. The summed E-state index contributed by atoms with van der Waals surface area (Å²) >= 11 is 0. The molecular formula is C20H21N3O4. The zero-order valence-corrected chi connectivity index (χ0v) is 15.1. The molecule has 1 aliphatic rings. The van der Waals surface area contributed by atoms with Gasteiger partial charge in [0.25, 0.3) is 5.91 Å². The molecule has 1 N–H and O–H groups in total. The number of amides is 4. The van der Waals surface area contributed by atoms with Crippen LogP contribution in [0.1, 0.15) is 12.7 Å². The van der Waals surface area contributed by atoms with Crippen molar-refractivity contribution < 1.29 is 18.8 Å². The zero-order valence-electron chi connectivity index (χ0n) is 15.1. The number of para-hydroxylation sites is 1. The van der Waals surface area contributed by atoms with E-state index in [-0.39, 0.29) is 12.5 Å². The van der Waals surface area contributed by atoms with Gasteiger partial charge in [-0.05, 0) is 19.1 Å². The maximum Gasteiger partial charge on any atom is 0.325 e. The van der Waals surface area contributed by atoms with Gasteiger partial charge in [0.1, 0.15) is 17.9 Å². The van der Waals surface area contributed by atoms with Gasteiger partial charge in [-0.2, -0.15) is 0 Å². The molecule has 0 spiro atoms. The van der Waals surface area contributed by atoms with Crippen molar-refractivity contribution >= 4 is 28.8 Å². The van der Waals surface area contributed by atoms with Gasteiger partial charge < -0.3 is 14.6 Å². The van der Waals surface area contributed by atoms with Crippen molar-refractivity contribution in [2.45, 2.75) is 12.5 Å². The predicted octanol–water partition coefficient (Wildman–Crippen LogP) is 2.40. The first kappa shape index (κ1) is 18.4. The number of carbonyl (C=O) groups is 3. The van der Waals surface area contributed by atoms with Crippen LogP contribution in [-0.4, -0.2) is 47.3 Å². The van der Waals surface area contributed by atoms with Crippen LogP contribution >= 0.6 is 0 Å². The molecule has 7 heteroatoms. The summed E-state index contributed by atoms with van der Waals surface area (Å²) in [4.78, 5) is 40.2. The molecule has 2 aromatic rings. The minimum Gasteiger partial charge on any atom is -0.458 e. The largest absolute Gasteiger partial charge is 0.458 e. The van der Waals surface area contributed by atoms with E-state index in [4.69, 9.17) is 4.42 Å². The fraction of sp³-hybridized carbons (Fsp3) is 0.250. The van der Waals surface area contributed by atoms with Crippen LogP contribution in [0, 0.1) is 0 Å². The Labute approximate surface area is 156 Å². The normalized spacial score (nSPS) is 19.2. The average Bonchev–Trinajstić information content (AvgIpc) is 3.17. The molecule has 0 saturated carbocycles. The van der Waals surface area contributed by atoms with E-state index in [9.17, 15) is 14.4 Å². The fourth-order valence-electron chi connectivity index (χ4n) is 3.06. The number of hydrogen-bond acceptors (Lipinski definition) is 4. The molecule has 0 aliphatic carbocycles. The monoisotopic (exact) mass is 367 g/mol. The molecule has 4 amide bonds. The maximum atomic E-state index is 13.0. The van der Waals surface area contributed by atoms with Crippen molar-refractivity contribution in [3.63, 3.8) is 0 Å². The van der Waals surface area contributed by atoms with Crippen LogP contribution in [0.15, 0.2) is 60.1 Å². The highest BCUT2D eigenvalue weighted by Gasteiger charge is 2.51. The molecule has 0 unspecified atom stereocenters. The topological polar surface area (TPSA) is 82.9 Å². The van der Waals surface area contributed by atoms with Crippen molar-refractivity contribution in [3.05, 3.63) is 61.4 Å². The van der Waals surface area contributed by atoms with Crippen LogP contribution in [0.5, 0.6) is 0 Å². The number of urea groups is 1. The van der Waals surface area contributed by atoms with Crippen molar-refractivity contribution in [2.24, 2.45) is 0 Å². The molecule has 140 valence electrons. The molecular weight excluding hydrogens is 346 g/mol. The van der Waals surface area contributed by atoms with Gasteiger partial charge >= 0.3 is 6.03 Å². The molecule has 0 bridgehead atoms. The van der Waals surface area contributed by atoms with Crippen LogP contribution in [0.2, 0.25) is 0 Å². The van der Waals surface area contributed by atoms with Gasteiger partial charge in [-0.15, -0.1) is 13.2 Å². The number of nitrogens with zero attached hydrogens (tertiary/aromatic N) is 2. The molecule has 1 fully saturated rings. The van der Waals surface area contributed by atoms with E-state index in [1.165, 1.54) is 4.90 Å². The number of imide groups is 1. The molecule has 0 radical (unpaired) electrons. The number of carbonyl (C=O) groups excluding carboxylic acids is 3. The third-order valence-electron chi connectivity index (χ3n) is 4.54. The molecule has 27 heavy (non-hydrogen) atoms. The van der Waals surface area contributed by atoms with Crippen molar-refractivity contribution in [3.8, 4) is 0 Å². The molecule has 2 heterocycles. The highest BCUT2D eigenvalue weighted by molar-refractivity contribution is 6.09. The lowest BCUT2D eigenvalue weighted by atomic mass is 9.99. The molecule has 3 rings (SSSR count). The highest BCUT2D eigenvalue weighted by Crippen LogP contribution is 2.32. The van der Waals surface area contributed by atoms with E-state index < -0.39 is 17.5 Å². The van der Waals surface area contributed by atoms with Crippen molar-refractivity contribution in [2.75, 3.05) is 19.6 Å². The van der Waals surface area contributed by atoms with E-state index in [0.717, 1.165) is 10.3 Å². The third-order valence-corrected chi connectivity index (χ3v) is 4.54. The minimum atomic E-state index is -1.36. The standard InChI is InChI=1S/C20H21N3O4/c1-4-10-22(11-5-2)17(24)13-23-18(25)20(3,21-19(23)26)16-12-14-8-6-7-9-15(14)27-16/h4-9,12H,1-2,10-11,13H2,3H3,(H,21,26)/t20-/m0/s1. The SMILES string of the molecule is C=CCN(CC=C)C(=O)CN1C(=O)N[C@@](C)(c2cc3ccccc3o2)C1=O. The van der Waals surface area contributed by atoms with Crippen LogP contribution in [0.4, 0.5) is 4.79 Å². The van der Waals surface area contributed by atoms with Gasteiger partial charge in [-0.1, -0.05) is 30.4 Å². The Morgan fingerprint density at radius 1 is 1.26 bits per heavy atom. The summed E-state index contributed by atoms with van der Waals surface area (Å²) in [5.74, 6) is -0.574. The van der Waals surface area contributed by atoms with Gasteiger partial charge in [0.05, 0.1) is 0 Å². The second-order valence-corrected chi connectivity index (χ2v) is 6.47. The Kier molecular flexibility index (Phi) is 4.85. The lowest BCUT2D eigenvalue weighted by molar-refractivity contribution is -0.138. The second kappa shape index (κ2) is 7.11. The molecule has 7 nitrogen and oxygen atoms in total.